The summed E-state index contributed by atoms with van der Waals surface area (Å²) in [7, 11) is 0. The number of Topliss-reactive ketones (excluding diaryl/α,β-unsaturated/α-hetero) is 1. The van der Waals surface area contributed by atoms with Gasteiger partial charge in [-0.15, -0.1) is 0 Å². The maximum Gasteiger partial charge on any atom is 0.410 e. The first-order chi connectivity index (χ1) is 7.74. The van der Waals surface area contributed by atoms with E-state index in [0.717, 1.165) is 32.2 Å². The molecule has 0 bridgehead atoms. The third-order valence-corrected chi connectivity index (χ3v) is 3.62. The summed E-state index contributed by atoms with van der Waals surface area (Å²) >= 11 is 0. The number of likely N-dealkylation sites (tertiary alicyclic amines) is 1. The van der Waals surface area contributed by atoms with Gasteiger partial charge in [-0.3, -0.25) is 4.79 Å². The molecule has 0 aromatic heterocycles. The maximum atomic E-state index is 11.7. The highest BCUT2D eigenvalue weighted by Gasteiger charge is 2.40. The van der Waals surface area contributed by atoms with Crippen LogP contribution in [0.4, 0.5) is 4.79 Å². The average Bonchev–Trinajstić information content (AvgIpc) is 2.85. The van der Waals surface area contributed by atoms with Gasteiger partial charge in [0.1, 0.15) is 5.78 Å². The minimum Gasteiger partial charge on any atom is -0.450 e. The predicted octanol–water partition coefficient (Wildman–Crippen LogP) is 1.98. The van der Waals surface area contributed by atoms with Crippen LogP contribution in [0.25, 0.3) is 0 Å². The Morgan fingerprint density at radius 3 is 2.88 bits per heavy atom. The Balaban J connectivity index is 2.02. The molecule has 1 amide bonds. The van der Waals surface area contributed by atoms with Crippen molar-refractivity contribution in [1.82, 2.24) is 4.90 Å². The monoisotopic (exact) mass is 225 g/mol. The minimum absolute atomic E-state index is 0.0758. The van der Waals surface area contributed by atoms with Gasteiger partial charge in [-0.1, -0.05) is 0 Å². The summed E-state index contributed by atoms with van der Waals surface area (Å²) in [6.07, 6.45) is 4.32. The molecule has 90 valence electrons. The molecule has 4 heteroatoms. The van der Waals surface area contributed by atoms with Gasteiger partial charge in [-0.25, -0.2) is 4.79 Å². The molecule has 0 aromatic carbocycles. The van der Waals surface area contributed by atoms with Gasteiger partial charge in [-0.05, 0) is 32.6 Å². The van der Waals surface area contributed by atoms with Crippen molar-refractivity contribution >= 4 is 11.9 Å². The number of ether oxygens (including phenoxy) is 1. The quantitative estimate of drug-likeness (QED) is 0.722. The molecule has 2 unspecified atom stereocenters. The van der Waals surface area contributed by atoms with Gasteiger partial charge in [-0.2, -0.15) is 0 Å². The Morgan fingerprint density at radius 1 is 1.44 bits per heavy atom. The first-order valence-corrected chi connectivity index (χ1v) is 6.20. The topological polar surface area (TPSA) is 46.6 Å². The minimum atomic E-state index is -0.246. The Morgan fingerprint density at radius 2 is 2.25 bits per heavy atom. The SMILES string of the molecule is CCOC(=O)N1CCCC1C1CCCC1=O. The Kier molecular flexibility index (Phi) is 3.46. The lowest BCUT2D eigenvalue weighted by Crippen LogP contribution is -2.41. The Labute approximate surface area is 95.9 Å². The molecule has 1 saturated carbocycles. The van der Waals surface area contributed by atoms with E-state index < -0.39 is 0 Å². The van der Waals surface area contributed by atoms with Gasteiger partial charge in [0.15, 0.2) is 0 Å². The van der Waals surface area contributed by atoms with Gasteiger partial charge < -0.3 is 9.64 Å². The first-order valence-electron chi connectivity index (χ1n) is 6.20. The number of hydrogen-bond donors (Lipinski definition) is 0. The second-order valence-corrected chi connectivity index (χ2v) is 4.57. The molecule has 2 aliphatic rings. The van der Waals surface area contributed by atoms with Crippen molar-refractivity contribution in [2.75, 3.05) is 13.2 Å². The van der Waals surface area contributed by atoms with Crippen molar-refractivity contribution in [3.8, 4) is 0 Å². The summed E-state index contributed by atoms with van der Waals surface area (Å²) in [5.74, 6) is 0.410. The van der Waals surface area contributed by atoms with Crippen molar-refractivity contribution in [2.24, 2.45) is 5.92 Å². The number of carbonyl (C=O) groups is 2. The molecule has 0 aromatic rings. The number of amides is 1. The Bertz CT molecular complexity index is 290. The van der Waals surface area contributed by atoms with Crippen LogP contribution in [0, 0.1) is 5.92 Å². The lowest BCUT2D eigenvalue weighted by molar-refractivity contribution is -0.122. The standard InChI is InChI=1S/C12H19NO3/c1-2-16-12(15)13-8-4-6-10(13)9-5-3-7-11(9)14/h9-10H,2-8H2,1H3. The van der Waals surface area contributed by atoms with Gasteiger partial charge in [0.25, 0.3) is 0 Å². The molecule has 4 nitrogen and oxygen atoms in total. The molecule has 1 heterocycles. The largest absolute Gasteiger partial charge is 0.450 e. The third-order valence-electron chi connectivity index (χ3n) is 3.62. The second-order valence-electron chi connectivity index (χ2n) is 4.57. The van der Waals surface area contributed by atoms with Gasteiger partial charge >= 0.3 is 6.09 Å². The van der Waals surface area contributed by atoms with Gasteiger partial charge in [0.05, 0.1) is 6.61 Å². The van der Waals surface area contributed by atoms with Crippen LogP contribution in [0.3, 0.4) is 0 Å². The molecule has 0 radical (unpaired) electrons. The first kappa shape index (κ1) is 11.4. The van der Waals surface area contributed by atoms with Crippen LogP contribution in [-0.4, -0.2) is 36.0 Å². The fourth-order valence-electron chi connectivity index (χ4n) is 2.89. The van der Waals surface area contributed by atoms with E-state index in [1.807, 2.05) is 6.92 Å². The predicted molar refractivity (Wildman–Crippen MR) is 59.1 cm³/mol. The Hall–Kier alpha value is -1.06. The molecule has 1 aliphatic carbocycles. The van der Waals surface area contributed by atoms with Crippen molar-refractivity contribution in [2.45, 2.75) is 45.1 Å². The maximum absolute atomic E-state index is 11.7. The molecule has 1 aliphatic heterocycles. The van der Waals surface area contributed by atoms with Crippen LogP contribution in [-0.2, 0) is 9.53 Å². The highest BCUT2D eigenvalue weighted by Crippen LogP contribution is 2.33. The summed E-state index contributed by atoms with van der Waals surface area (Å²) in [5.41, 5.74) is 0. The molecular formula is C12H19NO3. The summed E-state index contributed by atoms with van der Waals surface area (Å²) in [6, 6.07) is 0.106. The van der Waals surface area contributed by atoms with E-state index in [0.29, 0.717) is 18.8 Å². The highest BCUT2D eigenvalue weighted by molar-refractivity contribution is 5.84. The molecule has 0 N–H and O–H groups in total. The van der Waals surface area contributed by atoms with Crippen molar-refractivity contribution in [1.29, 1.82) is 0 Å². The normalized spacial score (nSPS) is 29.8. The fraction of sp³-hybridized carbons (Fsp3) is 0.833. The number of carbonyl (C=O) groups excluding carboxylic acids is 2. The molecule has 2 atom stereocenters. The summed E-state index contributed by atoms with van der Waals surface area (Å²) < 4.78 is 5.03. The van der Waals surface area contributed by atoms with Crippen LogP contribution in [0.5, 0.6) is 0 Å². The van der Waals surface area contributed by atoms with Crippen LogP contribution >= 0.6 is 0 Å². The van der Waals surface area contributed by atoms with E-state index in [9.17, 15) is 9.59 Å². The zero-order chi connectivity index (χ0) is 11.5. The van der Waals surface area contributed by atoms with E-state index in [-0.39, 0.29) is 18.1 Å². The molecule has 2 fully saturated rings. The van der Waals surface area contributed by atoms with Crippen LogP contribution in [0.15, 0.2) is 0 Å². The fourth-order valence-corrected chi connectivity index (χ4v) is 2.89. The average molecular weight is 225 g/mol. The van der Waals surface area contributed by atoms with E-state index in [1.165, 1.54) is 0 Å². The second kappa shape index (κ2) is 4.85. The molecular weight excluding hydrogens is 206 g/mol. The van der Waals surface area contributed by atoms with E-state index >= 15 is 0 Å². The number of nitrogens with zero attached hydrogens (tertiary/aromatic N) is 1. The lowest BCUT2D eigenvalue weighted by atomic mass is 9.95. The summed E-state index contributed by atoms with van der Waals surface area (Å²) in [4.78, 5) is 25.2. The zero-order valence-electron chi connectivity index (χ0n) is 9.78. The van der Waals surface area contributed by atoms with Crippen LogP contribution in [0.1, 0.15) is 39.0 Å². The van der Waals surface area contributed by atoms with E-state index in [2.05, 4.69) is 0 Å². The van der Waals surface area contributed by atoms with Crippen LogP contribution < -0.4 is 0 Å². The molecule has 2 rings (SSSR count). The highest BCUT2D eigenvalue weighted by atomic mass is 16.6. The molecule has 16 heavy (non-hydrogen) atoms. The smallest absolute Gasteiger partial charge is 0.410 e. The third kappa shape index (κ3) is 2.06. The lowest BCUT2D eigenvalue weighted by Gasteiger charge is -2.27. The molecule has 1 saturated heterocycles. The molecule has 0 spiro atoms. The summed E-state index contributed by atoms with van der Waals surface area (Å²) in [5, 5.41) is 0. The van der Waals surface area contributed by atoms with Crippen molar-refractivity contribution in [3.05, 3.63) is 0 Å². The summed E-state index contributed by atoms with van der Waals surface area (Å²) in [6.45, 7) is 2.96. The van der Waals surface area contributed by atoms with Gasteiger partial charge in [0, 0.05) is 24.9 Å². The van der Waals surface area contributed by atoms with Gasteiger partial charge in [0.2, 0.25) is 0 Å². The zero-order valence-corrected chi connectivity index (χ0v) is 9.78. The van der Waals surface area contributed by atoms with Crippen LogP contribution in [0.2, 0.25) is 0 Å². The number of rotatable bonds is 2. The van der Waals surface area contributed by atoms with Crippen molar-refractivity contribution < 1.29 is 14.3 Å². The van der Waals surface area contributed by atoms with Crippen molar-refractivity contribution in [3.63, 3.8) is 0 Å². The van der Waals surface area contributed by atoms with E-state index in [1.54, 1.807) is 4.90 Å². The number of ketones is 1. The number of hydrogen-bond acceptors (Lipinski definition) is 3. The van der Waals surface area contributed by atoms with E-state index in [4.69, 9.17) is 4.74 Å².